The molecule has 0 atom stereocenters. The number of benzene rings is 7. The summed E-state index contributed by atoms with van der Waals surface area (Å²) < 4.78 is 82.8. The molecule has 318 valence electrons. The van der Waals surface area contributed by atoms with Crippen LogP contribution in [-0.2, 0) is 0 Å². The van der Waals surface area contributed by atoms with E-state index in [-0.39, 0.29) is 0 Å². The molecule has 12 heteroatoms. The normalized spacial score (nSPS) is 11.1. The molecule has 2 nitrogen and oxygen atoms in total. The molecule has 0 saturated carbocycles. The third-order valence-corrected chi connectivity index (χ3v) is 9.99. The SMILES string of the molecule is F[B-](F)(F)F.F[B-](F)(F)F.c1ccc(-c2cc(-c3ccccc3)[n+](-c3ccc(-[n+]4c(-c5ccccc5)cc(-c5ccccc5)cc4-c4ccccc4)cc3)c(-c3ccccc3)c2)cc1. The Morgan fingerprint density at radius 1 is 0.219 bits per heavy atom. The van der Waals surface area contributed by atoms with Gasteiger partial charge in [0, 0.05) is 70.8 Å². The largest absolute Gasteiger partial charge is 0.673 e. The molecule has 0 aliphatic carbocycles. The topological polar surface area (TPSA) is 7.76 Å². The van der Waals surface area contributed by atoms with Crippen LogP contribution in [0.15, 0.2) is 231 Å². The van der Waals surface area contributed by atoms with E-state index in [1.807, 2.05) is 0 Å². The zero-order valence-electron chi connectivity index (χ0n) is 34.0. The van der Waals surface area contributed by atoms with Crippen molar-refractivity contribution in [2.45, 2.75) is 0 Å². The summed E-state index contributed by atoms with van der Waals surface area (Å²) in [4.78, 5) is 0. The Hall–Kier alpha value is -7.59. The number of hydrogen-bond donors (Lipinski definition) is 0. The minimum atomic E-state index is -6.00. The lowest BCUT2D eigenvalue weighted by molar-refractivity contribution is -0.576. The molecule has 0 unspecified atom stereocenters. The Balaban J connectivity index is 0.000000554. The van der Waals surface area contributed by atoms with Crippen molar-refractivity contribution >= 4 is 14.5 Å². The third kappa shape index (κ3) is 11.9. The summed E-state index contributed by atoms with van der Waals surface area (Å²) in [6.07, 6.45) is 0. The van der Waals surface area contributed by atoms with E-state index in [2.05, 4.69) is 240 Å². The lowest BCUT2D eigenvalue weighted by atomic mass is 9.98. The first-order valence-electron chi connectivity index (χ1n) is 20.2. The van der Waals surface area contributed by atoms with E-state index in [1.165, 1.54) is 22.3 Å². The maximum Gasteiger partial charge on any atom is 0.673 e. The highest BCUT2D eigenvalue weighted by Gasteiger charge is 2.28. The zero-order valence-corrected chi connectivity index (χ0v) is 34.0. The van der Waals surface area contributed by atoms with Crippen LogP contribution < -0.4 is 9.13 Å². The summed E-state index contributed by atoms with van der Waals surface area (Å²) in [6.45, 7) is 0. The van der Waals surface area contributed by atoms with Gasteiger partial charge in [0.1, 0.15) is 0 Å². The van der Waals surface area contributed by atoms with E-state index >= 15 is 0 Å². The molecule has 2 aromatic heterocycles. The maximum absolute atomic E-state index is 9.75. The van der Waals surface area contributed by atoms with Crippen LogP contribution in [0.3, 0.4) is 0 Å². The number of nitrogens with zero attached hydrogens (tertiary/aromatic N) is 2. The summed E-state index contributed by atoms with van der Waals surface area (Å²) in [6, 6.07) is 82.5. The van der Waals surface area contributed by atoms with E-state index in [1.54, 1.807) is 0 Å². The molecule has 2 heterocycles. The second-order valence-electron chi connectivity index (χ2n) is 14.4. The average molecular weight is 864 g/mol. The van der Waals surface area contributed by atoms with E-state index in [9.17, 15) is 34.5 Å². The predicted octanol–water partition coefficient (Wildman–Crippen LogP) is 14.8. The van der Waals surface area contributed by atoms with E-state index in [4.69, 9.17) is 0 Å². The second kappa shape index (κ2) is 20.1. The Labute approximate surface area is 366 Å². The Kier molecular flexibility index (Phi) is 13.9. The van der Waals surface area contributed by atoms with Crippen LogP contribution in [0.1, 0.15) is 0 Å². The third-order valence-electron chi connectivity index (χ3n) is 9.99. The van der Waals surface area contributed by atoms with E-state index < -0.39 is 14.5 Å². The first-order chi connectivity index (χ1) is 30.8. The van der Waals surface area contributed by atoms with Crippen molar-refractivity contribution in [3.05, 3.63) is 231 Å². The van der Waals surface area contributed by atoms with Gasteiger partial charge >= 0.3 is 14.5 Å². The quantitative estimate of drug-likeness (QED) is 0.0817. The lowest BCUT2D eigenvalue weighted by Gasteiger charge is -2.14. The first kappa shape index (κ1) is 44.5. The van der Waals surface area contributed by atoms with Crippen LogP contribution in [0, 0.1) is 0 Å². The molecule has 0 saturated heterocycles. The number of halogens is 8. The summed E-state index contributed by atoms with van der Waals surface area (Å²) >= 11 is 0. The predicted molar refractivity (Wildman–Crippen MR) is 242 cm³/mol. The highest BCUT2D eigenvalue weighted by molar-refractivity contribution is 6.50. The molecule has 0 radical (unpaired) electrons. The molecule has 0 fully saturated rings. The summed E-state index contributed by atoms with van der Waals surface area (Å²) in [5.74, 6) is 0. The van der Waals surface area contributed by atoms with Crippen LogP contribution >= 0.6 is 0 Å². The number of aromatic nitrogens is 2. The summed E-state index contributed by atoms with van der Waals surface area (Å²) in [5, 5.41) is 0. The zero-order chi connectivity index (χ0) is 45.1. The molecular formula is C52H38B2F8N2. The van der Waals surface area contributed by atoms with Crippen molar-refractivity contribution in [1.82, 2.24) is 0 Å². The molecule has 0 amide bonds. The Morgan fingerprint density at radius 2 is 0.391 bits per heavy atom. The summed E-state index contributed by atoms with van der Waals surface area (Å²) in [7, 11) is -12.0. The average Bonchev–Trinajstić information content (AvgIpc) is 3.31. The molecule has 9 rings (SSSR count). The van der Waals surface area contributed by atoms with Crippen LogP contribution in [0.2, 0.25) is 0 Å². The highest BCUT2D eigenvalue weighted by Crippen LogP contribution is 2.33. The highest BCUT2D eigenvalue weighted by atomic mass is 19.5. The molecule has 0 bridgehead atoms. The minimum absolute atomic E-state index is 1.08. The van der Waals surface area contributed by atoms with Crippen molar-refractivity contribution < 1.29 is 43.7 Å². The van der Waals surface area contributed by atoms with E-state index in [0.717, 1.165) is 56.4 Å². The van der Waals surface area contributed by atoms with Crippen LogP contribution in [0.4, 0.5) is 34.5 Å². The first-order valence-corrected chi connectivity index (χ1v) is 20.2. The number of pyridine rings is 2. The van der Waals surface area contributed by atoms with Crippen molar-refractivity contribution in [2.24, 2.45) is 0 Å². The monoisotopic (exact) mass is 864 g/mol. The van der Waals surface area contributed by atoms with Crippen molar-refractivity contribution in [2.75, 3.05) is 0 Å². The van der Waals surface area contributed by atoms with Gasteiger partial charge in [0.15, 0.2) is 0 Å². The van der Waals surface area contributed by atoms with Gasteiger partial charge < -0.3 is 34.5 Å². The smallest absolute Gasteiger partial charge is 0.418 e. The van der Waals surface area contributed by atoms with Gasteiger partial charge in [-0.15, -0.1) is 0 Å². The molecule has 0 N–H and O–H groups in total. The van der Waals surface area contributed by atoms with Gasteiger partial charge in [0.05, 0.1) is 0 Å². The van der Waals surface area contributed by atoms with Gasteiger partial charge in [-0.3, -0.25) is 0 Å². The fourth-order valence-electron chi connectivity index (χ4n) is 7.38. The van der Waals surface area contributed by atoms with Crippen LogP contribution in [-0.4, -0.2) is 14.5 Å². The fraction of sp³-hybridized carbons (Fsp3) is 0. The molecular weight excluding hydrogens is 826 g/mol. The standard InChI is InChI=1S/C52H38N2.2BF4/c1-7-19-39(20-8-1)45-35-49(41-23-11-3-12-24-41)53(50(36-45)42-25-13-4-14-26-42)47-31-33-48(34-32-47)54-51(43-27-15-5-16-28-43)37-46(40-21-9-2-10-22-40)38-52(54)44-29-17-6-18-30-44;2*2-1(3,4)5/h1-38H;;/q+2;2*-1. The van der Waals surface area contributed by atoms with Gasteiger partial charge in [-0.05, 0) is 70.8 Å². The summed E-state index contributed by atoms with van der Waals surface area (Å²) in [5.41, 5.74) is 16.0. The van der Waals surface area contributed by atoms with Crippen LogP contribution in [0.25, 0.3) is 78.7 Å². The second-order valence-corrected chi connectivity index (χ2v) is 14.4. The number of hydrogen-bond acceptors (Lipinski definition) is 0. The molecule has 0 aliphatic rings. The Morgan fingerprint density at radius 3 is 0.578 bits per heavy atom. The van der Waals surface area contributed by atoms with Crippen molar-refractivity contribution in [3.63, 3.8) is 0 Å². The van der Waals surface area contributed by atoms with Gasteiger partial charge in [0.2, 0.25) is 34.2 Å². The molecule has 7 aromatic carbocycles. The van der Waals surface area contributed by atoms with Crippen molar-refractivity contribution in [1.29, 1.82) is 0 Å². The molecule has 64 heavy (non-hydrogen) atoms. The van der Waals surface area contributed by atoms with Crippen LogP contribution in [0.5, 0.6) is 0 Å². The fourth-order valence-corrected chi connectivity index (χ4v) is 7.38. The van der Waals surface area contributed by atoms with Gasteiger partial charge in [0.25, 0.3) is 0 Å². The molecule has 9 aromatic rings. The lowest BCUT2D eigenvalue weighted by Crippen LogP contribution is -2.38. The van der Waals surface area contributed by atoms with Gasteiger partial charge in [-0.25, -0.2) is 0 Å². The minimum Gasteiger partial charge on any atom is -0.418 e. The van der Waals surface area contributed by atoms with Gasteiger partial charge in [-0.2, -0.15) is 9.13 Å². The molecule has 0 aliphatic heterocycles. The molecule has 0 spiro atoms. The maximum atomic E-state index is 9.75. The van der Waals surface area contributed by atoms with Crippen molar-refractivity contribution in [3.8, 4) is 78.7 Å². The Bertz CT molecular complexity index is 2550. The van der Waals surface area contributed by atoms with Gasteiger partial charge in [-0.1, -0.05) is 133 Å². The van der Waals surface area contributed by atoms with E-state index in [0.29, 0.717) is 0 Å². The number of rotatable bonds is 8.